The molecule has 1 unspecified atom stereocenters. The van der Waals surface area contributed by atoms with E-state index in [1.807, 2.05) is 32.7 Å². The Kier molecular flexibility index (Phi) is 7.87. The van der Waals surface area contributed by atoms with Crippen LogP contribution in [-0.2, 0) is 19.1 Å². The van der Waals surface area contributed by atoms with Crippen LogP contribution in [0.4, 0.5) is 0 Å². The second-order valence-electron chi connectivity index (χ2n) is 4.95. The molecular weight excluding hydrogens is 246 g/mol. The normalized spacial score (nSPS) is 13.4. The Morgan fingerprint density at radius 3 is 2.11 bits per heavy atom. The van der Waals surface area contributed by atoms with Crippen LogP contribution in [0.25, 0.3) is 0 Å². The number of hydrogen-bond donors (Lipinski definition) is 0. The lowest BCUT2D eigenvalue weighted by atomic mass is 9.78. The zero-order valence-electron chi connectivity index (χ0n) is 13.0. The Bertz CT molecular complexity index is 300. The number of hydrogen-bond acceptors (Lipinski definition) is 5. The van der Waals surface area contributed by atoms with Crippen LogP contribution in [0.15, 0.2) is 0 Å². The van der Waals surface area contributed by atoms with E-state index in [4.69, 9.17) is 9.47 Å². The van der Waals surface area contributed by atoms with E-state index in [1.165, 1.54) is 7.11 Å². The van der Waals surface area contributed by atoms with Crippen LogP contribution in [0.1, 0.15) is 33.6 Å². The number of nitrogens with zero attached hydrogens (tertiary/aromatic N) is 1. The molecule has 0 rings (SSSR count). The zero-order chi connectivity index (χ0) is 15.1. The molecule has 0 fully saturated rings. The minimum absolute atomic E-state index is 0.0496. The van der Waals surface area contributed by atoms with Gasteiger partial charge in [0.05, 0.1) is 19.8 Å². The summed E-state index contributed by atoms with van der Waals surface area (Å²) in [6.07, 6.45) is 0.972. The molecule has 1 atom stereocenters. The SMILES string of the molecule is CCC(CC)(C(=O)CN(C)CC(C)OC)C(=O)OC. The number of Topliss-reactive ketones (excluding diaryl/α,β-unsaturated/α-hetero) is 1. The molecule has 0 saturated carbocycles. The number of ketones is 1. The van der Waals surface area contributed by atoms with Crippen molar-refractivity contribution in [3.63, 3.8) is 0 Å². The predicted molar refractivity (Wildman–Crippen MR) is 74.0 cm³/mol. The molecule has 5 nitrogen and oxygen atoms in total. The third-order valence-corrected chi connectivity index (χ3v) is 3.70. The lowest BCUT2D eigenvalue weighted by Gasteiger charge is -2.29. The van der Waals surface area contributed by atoms with Crippen molar-refractivity contribution in [1.82, 2.24) is 4.90 Å². The van der Waals surface area contributed by atoms with Gasteiger partial charge in [-0.15, -0.1) is 0 Å². The predicted octanol–water partition coefficient (Wildman–Crippen LogP) is 1.50. The minimum Gasteiger partial charge on any atom is -0.468 e. The van der Waals surface area contributed by atoms with Gasteiger partial charge in [0, 0.05) is 13.7 Å². The Hall–Kier alpha value is -0.940. The Labute approximate surface area is 116 Å². The first-order valence-electron chi connectivity index (χ1n) is 6.70. The van der Waals surface area contributed by atoms with Gasteiger partial charge in [-0.05, 0) is 26.8 Å². The summed E-state index contributed by atoms with van der Waals surface area (Å²) in [6.45, 7) is 6.50. The molecule has 0 aliphatic heterocycles. The van der Waals surface area contributed by atoms with E-state index in [0.717, 1.165) is 0 Å². The first-order chi connectivity index (χ1) is 8.87. The standard InChI is InChI=1S/C14H27NO4/c1-7-14(8-2,13(17)19-6)12(16)10-15(4)9-11(3)18-5/h11H,7-10H2,1-6H3. The molecular formula is C14H27NO4. The first kappa shape index (κ1) is 18.1. The maximum atomic E-state index is 12.4. The van der Waals surface area contributed by atoms with Gasteiger partial charge in [-0.1, -0.05) is 13.8 Å². The smallest absolute Gasteiger partial charge is 0.319 e. The van der Waals surface area contributed by atoms with Crippen molar-refractivity contribution in [1.29, 1.82) is 0 Å². The maximum Gasteiger partial charge on any atom is 0.319 e. The average molecular weight is 273 g/mol. The molecule has 5 heteroatoms. The number of rotatable bonds is 9. The van der Waals surface area contributed by atoms with Gasteiger partial charge in [0.25, 0.3) is 0 Å². The van der Waals surface area contributed by atoms with Crippen LogP contribution in [0.5, 0.6) is 0 Å². The highest BCUT2D eigenvalue weighted by Crippen LogP contribution is 2.29. The van der Waals surface area contributed by atoms with Gasteiger partial charge in [-0.25, -0.2) is 0 Å². The van der Waals surface area contributed by atoms with Gasteiger partial charge in [-0.2, -0.15) is 0 Å². The van der Waals surface area contributed by atoms with Crippen molar-refractivity contribution in [2.75, 3.05) is 34.4 Å². The van der Waals surface area contributed by atoms with Crippen LogP contribution in [-0.4, -0.2) is 57.1 Å². The second-order valence-corrected chi connectivity index (χ2v) is 4.95. The van der Waals surface area contributed by atoms with E-state index in [2.05, 4.69) is 0 Å². The number of esters is 1. The summed E-state index contributed by atoms with van der Waals surface area (Å²) >= 11 is 0. The molecule has 0 N–H and O–H groups in total. The highest BCUT2D eigenvalue weighted by Gasteiger charge is 2.43. The molecule has 0 radical (unpaired) electrons. The van der Waals surface area contributed by atoms with Crippen molar-refractivity contribution in [3.05, 3.63) is 0 Å². The molecule has 0 aromatic carbocycles. The van der Waals surface area contributed by atoms with E-state index < -0.39 is 11.4 Å². The molecule has 0 saturated heterocycles. The summed E-state index contributed by atoms with van der Waals surface area (Å²) in [5, 5.41) is 0. The van der Waals surface area contributed by atoms with Gasteiger partial charge in [0.1, 0.15) is 5.41 Å². The van der Waals surface area contributed by atoms with Crippen LogP contribution in [0.3, 0.4) is 0 Å². The summed E-state index contributed by atoms with van der Waals surface area (Å²) in [5.74, 6) is -0.522. The molecule has 0 aromatic heterocycles. The van der Waals surface area contributed by atoms with Gasteiger partial charge < -0.3 is 9.47 Å². The Balaban J connectivity index is 4.79. The van der Waals surface area contributed by atoms with Crippen molar-refractivity contribution >= 4 is 11.8 Å². The Morgan fingerprint density at radius 2 is 1.74 bits per heavy atom. The number of carbonyl (C=O) groups excluding carboxylic acids is 2. The third-order valence-electron chi connectivity index (χ3n) is 3.70. The third kappa shape index (κ3) is 4.58. The molecule has 0 amide bonds. The molecule has 0 aliphatic rings. The van der Waals surface area contributed by atoms with Crippen molar-refractivity contribution in [2.24, 2.45) is 5.41 Å². The van der Waals surface area contributed by atoms with Gasteiger partial charge in [0.2, 0.25) is 0 Å². The van der Waals surface area contributed by atoms with E-state index in [1.54, 1.807) is 7.11 Å². The largest absolute Gasteiger partial charge is 0.468 e. The monoisotopic (exact) mass is 273 g/mol. The summed E-state index contributed by atoms with van der Waals surface area (Å²) in [4.78, 5) is 26.2. The average Bonchev–Trinajstić information content (AvgIpc) is 2.39. The second kappa shape index (κ2) is 8.27. The van der Waals surface area contributed by atoms with Crippen LogP contribution < -0.4 is 0 Å². The summed E-state index contributed by atoms with van der Waals surface area (Å²) in [6, 6.07) is 0. The number of likely N-dealkylation sites (N-methyl/N-ethyl adjacent to an activating group) is 1. The van der Waals surface area contributed by atoms with Crippen LogP contribution >= 0.6 is 0 Å². The lowest BCUT2D eigenvalue weighted by Crippen LogP contribution is -2.45. The van der Waals surface area contributed by atoms with Gasteiger partial charge >= 0.3 is 5.97 Å². The highest BCUT2D eigenvalue weighted by molar-refractivity contribution is 6.04. The lowest BCUT2D eigenvalue weighted by molar-refractivity contribution is -0.159. The number of methoxy groups -OCH3 is 2. The van der Waals surface area contributed by atoms with E-state index in [9.17, 15) is 9.59 Å². The van der Waals surface area contributed by atoms with Gasteiger partial charge in [0.15, 0.2) is 5.78 Å². The first-order valence-corrected chi connectivity index (χ1v) is 6.70. The molecule has 0 spiro atoms. The molecule has 112 valence electrons. The summed E-state index contributed by atoms with van der Waals surface area (Å²) in [7, 11) is 4.81. The fourth-order valence-corrected chi connectivity index (χ4v) is 2.22. The summed E-state index contributed by atoms with van der Waals surface area (Å²) in [5.41, 5.74) is -1.01. The quantitative estimate of drug-likeness (QED) is 0.471. The number of ether oxygens (including phenoxy) is 2. The molecule has 0 heterocycles. The van der Waals surface area contributed by atoms with E-state index in [-0.39, 0.29) is 18.4 Å². The van der Waals surface area contributed by atoms with Crippen molar-refractivity contribution in [2.45, 2.75) is 39.7 Å². The minimum atomic E-state index is -1.01. The molecule has 19 heavy (non-hydrogen) atoms. The van der Waals surface area contributed by atoms with Crippen LogP contribution in [0.2, 0.25) is 0 Å². The van der Waals surface area contributed by atoms with Crippen molar-refractivity contribution < 1.29 is 19.1 Å². The topological polar surface area (TPSA) is 55.8 Å². The molecule has 0 aliphatic carbocycles. The highest BCUT2D eigenvalue weighted by atomic mass is 16.5. The fraction of sp³-hybridized carbons (Fsp3) is 0.857. The van der Waals surface area contributed by atoms with Crippen LogP contribution in [0, 0.1) is 5.41 Å². The summed E-state index contributed by atoms with van der Waals surface area (Å²) < 4.78 is 9.96. The molecule has 0 bridgehead atoms. The Morgan fingerprint density at radius 1 is 1.21 bits per heavy atom. The van der Waals surface area contributed by atoms with Gasteiger partial charge in [-0.3, -0.25) is 14.5 Å². The molecule has 0 aromatic rings. The van der Waals surface area contributed by atoms with E-state index in [0.29, 0.717) is 19.4 Å². The number of carbonyl (C=O) groups is 2. The fourth-order valence-electron chi connectivity index (χ4n) is 2.22. The zero-order valence-corrected chi connectivity index (χ0v) is 13.0. The van der Waals surface area contributed by atoms with E-state index >= 15 is 0 Å². The van der Waals surface area contributed by atoms with Crippen molar-refractivity contribution in [3.8, 4) is 0 Å². The maximum absolute atomic E-state index is 12.4.